The van der Waals surface area contributed by atoms with Crippen LogP contribution in [0.25, 0.3) is 0 Å². The van der Waals surface area contributed by atoms with Crippen molar-refractivity contribution < 1.29 is 33.3 Å². The van der Waals surface area contributed by atoms with E-state index in [4.69, 9.17) is 18.9 Å². The summed E-state index contributed by atoms with van der Waals surface area (Å²) in [7, 11) is 0. The van der Waals surface area contributed by atoms with Gasteiger partial charge in [0, 0.05) is 6.08 Å². The summed E-state index contributed by atoms with van der Waals surface area (Å²) in [5.41, 5.74) is 0. The summed E-state index contributed by atoms with van der Waals surface area (Å²) in [5.74, 6) is 0.00688. The van der Waals surface area contributed by atoms with Crippen LogP contribution >= 0.6 is 0 Å². The largest absolute Gasteiger partial charge is 0.513 e. The highest BCUT2D eigenvalue weighted by Crippen LogP contribution is 2.26. The van der Waals surface area contributed by atoms with Crippen molar-refractivity contribution in [3.8, 4) is 11.5 Å². The Balaban J connectivity index is 1.64. The van der Waals surface area contributed by atoms with Gasteiger partial charge in [-0.05, 0) is 49.9 Å². The number of carbonyl (C=O) groups excluding carboxylic acids is 3. The van der Waals surface area contributed by atoms with Gasteiger partial charge in [0.2, 0.25) is 0 Å². The Labute approximate surface area is 164 Å². The van der Waals surface area contributed by atoms with Crippen LogP contribution in [0.15, 0.2) is 36.9 Å². The molecule has 1 fully saturated rings. The van der Waals surface area contributed by atoms with Crippen molar-refractivity contribution in [1.29, 1.82) is 0 Å². The summed E-state index contributed by atoms with van der Waals surface area (Å²) in [6, 6.07) is 6.24. The molecule has 28 heavy (non-hydrogen) atoms. The van der Waals surface area contributed by atoms with Crippen molar-refractivity contribution in [2.45, 2.75) is 44.9 Å². The molecule has 0 bridgehead atoms. The van der Waals surface area contributed by atoms with Crippen molar-refractivity contribution in [2.75, 3.05) is 13.2 Å². The van der Waals surface area contributed by atoms with E-state index in [9.17, 15) is 14.4 Å². The van der Waals surface area contributed by atoms with Gasteiger partial charge in [-0.25, -0.2) is 9.59 Å². The lowest BCUT2D eigenvalue weighted by molar-refractivity contribution is -0.140. The van der Waals surface area contributed by atoms with Gasteiger partial charge in [0.25, 0.3) is 0 Å². The van der Waals surface area contributed by atoms with Gasteiger partial charge in [-0.15, -0.1) is 0 Å². The van der Waals surface area contributed by atoms with Crippen molar-refractivity contribution >= 4 is 18.1 Å². The maximum absolute atomic E-state index is 12.1. The molecule has 0 aromatic heterocycles. The van der Waals surface area contributed by atoms with Crippen LogP contribution < -0.4 is 9.47 Å². The fourth-order valence-electron chi connectivity index (χ4n) is 2.83. The molecule has 0 radical (unpaired) electrons. The standard InChI is InChI=1S/C21H26O7/c1-2-19(22)25-14-6-7-15-26-21(24)28-18-12-10-17(11-13-18)27-20(23)16-8-4-3-5-9-16/h2,10-13,16H,1,3-9,14-15H2. The van der Waals surface area contributed by atoms with E-state index in [0.717, 1.165) is 31.8 Å². The molecule has 2 rings (SSSR count). The number of rotatable bonds is 9. The fourth-order valence-corrected chi connectivity index (χ4v) is 2.83. The zero-order chi connectivity index (χ0) is 20.2. The first-order valence-corrected chi connectivity index (χ1v) is 9.54. The van der Waals surface area contributed by atoms with E-state index < -0.39 is 12.1 Å². The molecule has 1 aromatic carbocycles. The van der Waals surface area contributed by atoms with Gasteiger partial charge in [-0.2, -0.15) is 0 Å². The third kappa shape index (κ3) is 7.82. The summed E-state index contributed by atoms with van der Waals surface area (Å²) in [4.78, 5) is 34.6. The van der Waals surface area contributed by atoms with Gasteiger partial charge in [-0.3, -0.25) is 4.79 Å². The molecule has 152 valence electrons. The van der Waals surface area contributed by atoms with Crippen LogP contribution in [0.2, 0.25) is 0 Å². The first-order valence-electron chi connectivity index (χ1n) is 9.54. The number of unbranched alkanes of at least 4 members (excludes halogenated alkanes) is 1. The van der Waals surface area contributed by atoms with Gasteiger partial charge >= 0.3 is 18.1 Å². The van der Waals surface area contributed by atoms with Gasteiger partial charge in [0.15, 0.2) is 0 Å². The highest BCUT2D eigenvalue weighted by Gasteiger charge is 2.23. The molecule has 0 heterocycles. The highest BCUT2D eigenvalue weighted by molar-refractivity contribution is 5.81. The van der Waals surface area contributed by atoms with Crippen molar-refractivity contribution in [3.05, 3.63) is 36.9 Å². The zero-order valence-electron chi connectivity index (χ0n) is 15.9. The number of hydrogen-bond acceptors (Lipinski definition) is 7. The second kappa shape index (κ2) is 11.8. The number of esters is 2. The molecule has 0 N–H and O–H groups in total. The molecule has 0 amide bonds. The smallest absolute Gasteiger partial charge is 0.463 e. The minimum Gasteiger partial charge on any atom is -0.463 e. The molecule has 0 saturated heterocycles. The molecular formula is C21H26O7. The Bertz CT molecular complexity index is 660. The van der Waals surface area contributed by atoms with E-state index in [2.05, 4.69) is 6.58 Å². The normalized spacial score (nSPS) is 14.0. The van der Waals surface area contributed by atoms with Crippen LogP contribution in [0.3, 0.4) is 0 Å². The second-order valence-corrected chi connectivity index (χ2v) is 6.51. The summed E-state index contributed by atoms with van der Waals surface area (Å²) in [6.45, 7) is 3.69. The Kier molecular flexibility index (Phi) is 9.04. The van der Waals surface area contributed by atoms with E-state index in [1.54, 1.807) is 24.3 Å². The molecule has 7 nitrogen and oxygen atoms in total. The van der Waals surface area contributed by atoms with E-state index in [-0.39, 0.29) is 25.1 Å². The third-order valence-corrected chi connectivity index (χ3v) is 4.35. The minimum atomic E-state index is -0.824. The molecule has 0 aliphatic heterocycles. The Morgan fingerprint density at radius 3 is 2.07 bits per heavy atom. The average Bonchev–Trinajstić information content (AvgIpc) is 2.72. The maximum atomic E-state index is 12.1. The second-order valence-electron chi connectivity index (χ2n) is 6.51. The van der Waals surface area contributed by atoms with Crippen molar-refractivity contribution in [3.63, 3.8) is 0 Å². The number of hydrogen-bond donors (Lipinski definition) is 0. The molecule has 7 heteroatoms. The Morgan fingerprint density at radius 1 is 0.893 bits per heavy atom. The van der Waals surface area contributed by atoms with E-state index in [1.165, 1.54) is 6.42 Å². The van der Waals surface area contributed by atoms with E-state index >= 15 is 0 Å². The van der Waals surface area contributed by atoms with Crippen LogP contribution in [0.5, 0.6) is 11.5 Å². The van der Waals surface area contributed by atoms with Gasteiger partial charge in [-0.1, -0.05) is 25.8 Å². The zero-order valence-corrected chi connectivity index (χ0v) is 15.9. The number of benzene rings is 1. The summed E-state index contributed by atoms with van der Waals surface area (Å²) in [6.07, 6.45) is 6.43. The molecule has 1 aromatic rings. The van der Waals surface area contributed by atoms with Crippen LogP contribution in [-0.4, -0.2) is 31.3 Å². The third-order valence-electron chi connectivity index (χ3n) is 4.35. The topological polar surface area (TPSA) is 88.1 Å². The lowest BCUT2D eigenvalue weighted by Gasteiger charge is -2.19. The maximum Gasteiger partial charge on any atom is 0.513 e. The van der Waals surface area contributed by atoms with Gasteiger partial charge < -0.3 is 18.9 Å². The fraction of sp³-hybridized carbons (Fsp3) is 0.476. The van der Waals surface area contributed by atoms with Gasteiger partial charge in [0.05, 0.1) is 19.1 Å². The molecule has 0 atom stereocenters. The quantitative estimate of drug-likeness (QED) is 0.205. The summed E-state index contributed by atoms with van der Waals surface area (Å²) >= 11 is 0. The molecule has 1 saturated carbocycles. The Morgan fingerprint density at radius 2 is 1.46 bits per heavy atom. The SMILES string of the molecule is C=CC(=O)OCCCCOC(=O)Oc1ccc(OC(=O)C2CCCCC2)cc1. The molecule has 1 aliphatic carbocycles. The van der Waals surface area contributed by atoms with Gasteiger partial charge in [0.1, 0.15) is 11.5 Å². The molecule has 0 unspecified atom stereocenters. The number of carbonyl (C=O) groups is 3. The lowest BCUT2D eigenvalue weighted by atomic mass is 9.89. The van der Waals surface area contributed by atoms with Crippen LogP contribution in [0, 0.1) is 5.92 Å². The molecular weight excluding hydrogens is 364 g/mol. The predicted octanol–water partition coefficient (Wildman–Crippen LogP) is 4.20. The summed E-state index contributed by atoms with van der Waals surface area (Å²) in [5, 5.41) is 0. The monoisotopic (exact) mass is 390 g/mol. The summed E-state index contributed by atoms with van der Waals surface area (Å²) < 4.78 is 20.2. The predicted molar refractivity (Wildman–Crippen MR) is 101 cm³/mol. The lowest BCUT2D eigenvalue weighted by Crippen LogP contribution is -2.22. The van der Waals surface area contributed by atoms with Crippen LogP contribution in [-0.2, 0) is 19.1 Å². The van der Waals surface area contributed by atoms with Crippen molar-refractivity contribution in [2.24, 2.45) is 5.92 Å². The van der Waals surface area contributed by atoms with Crippen molar-refractivity contribution in [1.82, 2.24) is 0 Å². The molecule has 1 aliphatic rings. The first kappa shape index (κ1) is 21.5. The van der Waals surface area contributed by atoms with E-state index in [0.29, 0.717) is 24.3 Å². The van der Waals surface area contributed by atoms with Crippen LogP contribution in [0.4, 0.5) is 4.79 Å². The highest BCUT2D eigenvalue weighted by atomic mass is 16.7. The van der Waals surface area contributed by atoms with Crippen LogP contribution in [0.1, 0.15) is 44.9 Å². The minimum absolute atomic E-state index is 0.0278. The Hall–Kier alpha value is -2.83. The first-order chi connectivity index (χ1) is 13.6. The van der Waals surface area contributed by atoms with E-state index in [1.807, 2.05) is 0 Å². The average molecular weight is 390 g/mol. The molecule has 0 spiro atoms. The number of ether oxygens (including phenoxy) is 4.